The zero-order chi connectivity index (χ0) is 6.69. The standard InChI is InChI=1S/C7H12O2.Li.H2O.H/c8-7(9)6-4-2-1-3-5-6;;;/h6H,1-5H2,(H,8,9);;1H2;/q;+1;;-1. The van der Waals surface area contributed by atoms with E-state index < -0.39 is 5.97 Å². The zero-order valence-electron chi connectivity index (χ0n) is 7.97. The van der Waals surface area contributed by atoms with Crippen molar-refractivity contribution in [2.45, 2.75) is 32.1 Å². The monoisotopic (exact) mass is 154 g/mol. The Balaban J connectivity index is -0.000000270. The summed E-state index contributed by atoms with van der Waals surface area (Å²) in [5.74, 6) is -0.631. The molecule has 0 aromatic heterocycles. The van der Waals surface area contributed by atoms with Crippen LogP contribution in [0.2, 0.25) is 0 Å². The summed E-state index contributed by atoms with van der Waals surface area (Å²) in [7, 11) is 0. The van der Waals surface area contributed by atoms with Crippen LogP contribution in [0.5, 0.6) is 0 Å². The quantitative estimate of drug-likeness (QED) is 0.441. The van der Waals surface area contributed by atoms with Crippen LogP contribution < -0.4 is 18.9 Å². The first kappa shape index (κ1) is 13.6. The Bertz CT molecular complexity index is 115. The van der Waals surface area contributed by atoms with Crippen molar-refractivity contribution in [3.63, 3.8) is 0 Å². The van der Waals surface area contributed by atoms with Gasteiger partial charge in [-0.25, -0.2) is 0 Å². The van der Waals surface area contributed by atoms with Gasteiger partial charge in [0, 0.05) is 0 Å². The maximum absolute atomic E-state index is 10.4. The van der Waals surface area contributed by atoms with Crippen molar-refractivity contribution in [2.75, 3.05) is 0 Å². The summed E-state index contributed by atoms with van der Waals surface area (Å²) in [6, 6.07) is 0. The van der Waals surface area contributed by atoms with Gasteiger partial charge in [-0.15, -0.1) is 0 Å². The van der Waals surface area contributed by atoms with Crippen molar-refractivity contribution in [2.24, 2.45) is 5.92 Å². The second-order valence-corrected chi connectivity index (χ2v) is 2.67. The number of carbonyl (C=O) groups is 1. The fraction of sp³-hybridized carbons (Fsp3) is 0.857. The first-order valence-electron chi connectivity index (χ1n) is 3.53. The molecule has 0 amide bonds. The molecule has 0 unspecified atom stereocenters. The maximum Gasteiger partial charge on any atom is 1.00 e. The van der Waals surface area contributed by atoms with Crippen LogP contribution in [0.15, 0.2) is 0 Å². The molecular formula is C7H15LiO3. The predicted octanol–water partition coefficient (Wildman–Crippen LogP) is -2.06. The SMILES string of the molecule is O.O=C(O)C1CCCCC1.[H-].[Li+]. The van der Waals surface area contributed by atoms with Gasteiger partial charge in [-0.1, -0.05) is 19.3 Å². The fourth-order valence-corrected chi connectivity index (χ4v) is 1.35. The van der Waals surface area contributed by atoms with Gasteiger partial charge in [0.05, 0.1) is 5.92 Å². The van der Waals surface area contributed by atoms with E-state index >= 15 is 0 Å². The molecule has 3 N–H and O–H groups in total. The van der Waals surface area contributed by atoms with Crippen molar-refractivity contribution >= 4 is 5.97 Å². The third-order valence-electron chi connectivity index (χ3n) is 1.95. The summed E-state index contributed by atoms with van der Waals surface area (Å²) in [5, 5.41) is 8.54. The van der Waals surface area contributed by atoms with Crippen LogP contribution in [-0.4, -0.2) is 16.6 Å². The average Bonchev–Trinajstić information content (AvgIpc) is 1.90. The summed E-state index contributed by atoms with van der Waals surface area (Å²) in [4.78, 5) is 10.4. The smallest absolute Gasteiger partial charge is 1.00 e. The van der Waals surface area contributed by atoms with E-state index in [0.29, 0.717) is 0 Å². The van der Waals surface area contributed by atoms with E-state index in [0.717, 1.165) is 25.7 Å². The second-order valence-electron chi connectivity index (χ2n) is 2.67. The molecule has 0 bridgehead atoms. The summed E-state index contributed by atoms with van der Waals surface area (Å²) < 4.78 is 0. The molecule has 3 nitrogen and oxygen atoms in total. The Labute approximate surface area is 80.1 Å². The molecule has 4 heteroatoms. The predicted molar refractivity (Wildman–Crippen MR) is 38.9 cm³/mol. The zero-order valence-corrected chi connectivity index (χ0v) is 6.97. The van der Waals surface area contributed by atoms with Crippen molar-refractivity contribution in [3.05, 3.63) is 0 Å². The minimum atomic E-state index is -0.602. The van der Waals surface area contributed by atoms with Crippen molar-refractivity contribution in [1.29, 1.82) is 0 Å². The third-order valence-corrected chi connectivity index (χ3v) is 1.95. The molecule has 11 heavy (non-hydrogen) atoms. The number of carboxylic acid groups (broad SMARTS) is 1. The van der Waals surface area contributed by atoms with E-state index in [1.165, 1.54) is 6.42 Å². The van der Waals surface area contributed by atoms with Gasteiger partial charge in [0.1, 0.15) is 0 Å². The first-order valence-corrected chi connectivity index (χ1v) is 3.53. The van der Waals surface area contributed by atoms with E-state index in [1.807, 2.05) is 0 Å². The van der Waals surface area contributed by atoms with Crippen LogP contribution in [0.3, 0.4) is 0 Å². The Kier molecular flexibility index (Phi) is 8.31. The van der Waals surface area contributed by atoms with Crippen LogP contribution in [0.4, 0.5) is 0 Å². The summed E-state index contributed by atoms with van der Waals surface area (Å²) in [6.45, 7) is 0. The molecule has 0 aromatic rings. The van der Waals surface area contributed by atoms with Gasteiger partial charge in [-0.3, -0.25) is 4.79 Å². The fourth-order valence-electron chi connectivity index (χ4n) is 1.35. The van der Waals surface area contributed by atoms with Gasteiger partial charge < -0.3 is 12.0 Å². The minimum Gasteiger partial charge on any atom is -1.00 e. The van der Waals surface area contributed by atoms with Crippen LogP contribution >= 0.6 is 0 Å². The number of aliphatic carboxylic acids is 1. The number of rotatable bonds is 1. The normalized spacial score (nSPS) is 17.8. The van der Waals surface area contributed by atoms with Crippen molar-refractivity contribution in [3.8, 4) is 0 Å². The molecule has 62 valence electrons. The Hall–Kier alpha value is 0.0274. The van der Waals surface area contributed by atoms with Gasteiger partial charge in [-0.05, 0) is 12.8 Å². The van der Waals surface area contributed by atoms with E-state index in [2.05, 4.69) is 0 Å². The number of hydrogen-bond donors (Lipinski definition) is 1. The Morgan fingerprint density at radius 1 is 1.27 bits per heavy atom. The summed E-state index contributed by atoms with van der Waals surface area (Å²) >= 11 is 0. The van der Waals surface area contributed by atoms with Crippen LogP contribution in [0, 0.1) is 5.92 Å². The molecule has 1 fully saturated rings. The molecule has 0 radical (unpaired) electrons. The molecule has 1 rings (SSSR count). The largest absolute Gasteiger partial charge is 1.00 e. The van der Waals surface area contributed by atoms with E-state index in [4.69, 9.17) is 5.11 Å². The first-order chi connectivity index (χ1) is 4.30. The molecule has 0 saturated heterocycles. The molecular weight excluding hydrogens is 139 g/mol. The molecule has 1 aliphatic rings. The van der Waals surface area contributed by atoms with Gasteiger partial charge in [0.2, 0.25) is 0 Å². The maximum atomic E-state index is 10.4. The number of carboxylic acids is 1. The van der Waals surface area contributed by atoms with Gasteiger partial charge in [-0.2, -0.15) is 0 Å². The van der Waals surface area contributed by atoms with Crippen LogP contribution in [0.1, 0.15) is 33.5 Å². The minimum absolute atomic E-state index is 0. The molecule has 1 saturated carbocycles. The second kappa shape index (κ2) is 6.72. The molecule has 0 aliphatic heterocycles. The molecule has 0 atom stereocenters. The van der Waals surface area contributed by atoms with Crippen LogP contribution in [0.25, 0.3) is 0 Å². The summed E-state index contributed by atoms with van der Waals surface area (Å²) in [6.07, 6.45) is 5.24. The van der Waals surface area contributed by atoms with Crippen LogP contribution in [-0.2, 0) is 4.79 Å². The molecule has 0 spiro atoms. The number of hydrogen-bond acceptors (Lipinski definition) is 1. The molecule has 0 heterocycles. The van der Waals surface area contributed by atoms with E-state index in [9.17, 15) is 4.79 Å². The van der Waals surface area contributed by atoms with Gasteiger partial charge in [0.15, 0.2) is 0 Å². The van der Waals surface area contributed by atoms with Gasteiger partial charge >= 0.3 is 24.8 Å². The van der Waals surface area contributed by atoms with E-state index in [1.54, 1.807) is 0 Å². The molecule has 1 aliphatic carbocycles. The Morgan fingerprint density at radius 3 is 2.00 bits per heavy atom. The third kappa shape index (κ3) is 4.47. The Morgan fingerprint density at radius 2 is 1.73 bits per heavy atom. The van der Waals surface area contributed by atoms with Crippen molar-refractivity contribution < 1.29 is 35.7 Å². The topological polar surface area (TPSA) is 68.8 Å². The van der Waals surface area contributed by atoms with E-state index in [-0.39, 0.29) is 31.7 Å². The summed E-state index contributed by atoms with van der Waals surface area (Å²) in [5.41, 5.74) is 0. The van der Waals surface area contributed by atoms with Crippen molar-refractivity contribution in [1.82, 2.24) is 0 Å². The average molecular weight is 154 g/mol. The van der Waals surface area contributed by atoms with Gasteiger partial charge in [0.25, 0.3) is 0 Å². The molecule has 0 aromatic carbocycles.